The van der Waals surface area contributed by atoms with E-state index in [2.05, 4.69) is 42.4 Å². The van der Waals surface area contributed by atoms with E-state index in [0.29, 0.717) is 11.5 Å². The molecule has 0 bridgehead atoms. The van der Waals surface area contributed by atoms with E-state index >= 15 is 0 Å². The fourth-order valence-electron chi connectivity index (χ4n) is 1.51. The summed E-state index contributed by atoms with van der Waals surface area (Å²) in [7, 11) is 1.82. The topological polar surface area (TPSA) is 20.3 Å². The Kier molecular flexibility index (Phi) is 4.87. The standard InChI is InChI=1S/C12H16BrNOS/c1-8(2)7-14(3)12(15)10-6-9(16)4-5-11(10)13/h4-6,8,16H,7H2,1-3H3. The van der Waals surface area contributed by atoms with Gasteiger partial charge in [-0.05, 0) is 40.0 Å². The maximum absolute atomic E-state index is 12.1. The molecule has 16 heavy (non-hydrogen) atoms. The molecule has 0 aliphatic rings. The SMILES string of the molecule is CC(C)CN(C)C(=O)c1cc(S)ccc1Br. The summed E-state index contributed by atoms with van der Waals surface area (Å²) in [5.74, 6) is 0.489. The number of carbonyl (C=O) groups is 1. The van der Waals surface area contributed by atoms with Gasteiger partial charge in [0.15, 0.2) is 0 Å². The minimum Gasteiger partial charge on any atom is -0.341 e. The summed E-state index contributed by atoms with van der Waals surface area (Å²) in [6, 6.07) is 5.48. The normalized spacial score (nSPS) is 10.6. The van der Waals surface area contributed by atoms with Crippen molar-refractivity contribution in [1.82, 2.24) is 4.90 Å². The van der Waals surface area contributed by atoms with Crippen LogP contribution in [0.3, 0.4) is 0 Å². The van der Waals surface area contributed by atoms with Crippen molar-refractivity contribution >= 4 is 34.5 Å². The molecule has 0 atom stereocenters. The lowest BCUT2D eigenvalue weighted by Gasteiger charge is -2.20. The van der Waals surface area contributed by atoms with Crippen molar-refractivity contribution in [2.45, 2.75) is 18.7 Å². The second-order valence-electron chi connectivity index (χ2n) is 4.24. The van der Waals surface area contributed by atoms with Crippen LogP contribution in [0.15, 0.2) is 27.6 Å². The van der Waals surface area contributed by atoms with Gasteiger partial charge in [0.2, 0.25) is 0 Å². The Morgan fingerprint density at radius 1 is 1.50 bits per heavy atom. The fraction of sp³-hybridized carbons (Fsp3) is 0.417. The van der Waals surface area contributed by atoms with Crippen LogP contribution in [0.4, 0.5) is 0 Å². The van der Waals surface area contributed by atoms with E-state index < -0.39 is 0 Å². The van der Waals surface area contributed by atoms with Gasteiger partial charge >= 0.3 is 0 Å². The summed E-state index contributed by atoms with van der Waals surface area (Å²) in [4.78, 5) is 14.6. The first-order valence-electron chi connectivity index (χ1n) is 5.15. The van der Waals surface area contributed by atoms with E-state index in [-0.39, 0.29) is 5.91 Å². The van der Waals surface area contributed by atoms with Gasteiger partial charge in [0.1, 0.15) is 0 Å². The van der Waals surface area contributed by atoms with Gasteiger partial charge in [-0.3, -0.25) is 4.79 Å². The Bertz CT molecular complexity index is 393. The number of hydrogen-bond acceptors (Lipinski definition) is 2. The molecule has 88 valence electrons. The van der Waals surface area contributed by atoms with Crippen molar-refractivity contribution in [3.8, 4) is 0 Å². The number of thiol groups is 1. The molecule has 0 aromatic heterocycles. The quantitative estimate of drug-likeness (QED) is 0.848. The number of nitrogens with zero attached hydrogens (tertiary/aromatic N) is 1. The Morgan fingerprint density at radius 3 is 2.69 bits per heavy atom. The smallest absolute Gasteiger partial charge is 0.254 e. The second kappa shape index (κ2) is 5.73. The van der Waals surface area contributed by atoms with Gasteiger partial charge in [-0.25, -0.2) is 0 Å². The van der Waals surface area contributed by atoms with Crippen LogP contribution in [-0.4, -0.2) is 24.4 Å². The molecule has 0 N–H and O–H groups in total. The molecule has 2 nitrogen and oxygen atoms in total. The highest BCUT2D eigenvalue weighted by atomic mass is 79.9. The highest BCUT2D eigenvalue weighted by Crippen LogP contribution is 2.21. The number of rotatable bonds is 3. The zero-order valence-electron chi connectivity index (χ0n) is 9.70. The molecule has 0 heterocycles. The highest BCUT2D eigenvalue weighted by molar-refractivity contribution is 9.10. The minimum absolute atomic E-state index is 0.0245. The predicted octanol–water partition coefficient (Wildman–Crippen LogP) is 3.47. The average molecular weight is 302 g/mol. The van der Waals surface area contributed by atoms with Gasteiger partial charge in [0.25, 0.3) is 5.91 Å². The van der Waals surface area contributed by atoms with Crippen molar-refractivity contribution in [3.05, 3.63) is 28.2 Å². The molecule has 1 amide bonds. The predicted molar refractivity (Wildman–Crippen MR) is 73.2 cm³/mol. The molecule has 1 aromatic carbocycles. The van der Waals surface area contributed by atoms with Crippen LogP contribution in [0.1, 0.15) is 24.2 Å². The fourth-order valence-corrected chi connectivity index (χ4v) is 2.13. The van der Waals surface area contributed by atoms with E-state index in [9.17, 15) is 4.79 Å². The number of amides is 1. The average Bonchev–Trinajstić information content (AvgIpc) is 2.19. The van der Waals surface area contributed by atoms with Crippen LogP contribution >= 0.6 is 28.6 Å². The summed E-state index contributed by atoms with van der Waals surface area (Å²) >= 11 is 7.63. The second-order valence-corrected chi connectivity index (χ2v) is 5.61. The third-order valence-corrected chi connectivity index (χ3v) is 3.14. The largest absolute Gasteiger partial charge is 0.341 e. The van der Waals surface area contributed by atoms with E-state index in [4.69, 9.17) is 0 Å². The highest BCUT2D eigenvalue weighted by Gasteiger charge is 2.15. The van der Waals surface area contributed by atoms with Crippen LogP contribution in [-0.2, 0) is 0 Å². The minimum atomic E-state index is 0.0245. The lowest BCUT2D eigenvalue weighted by molar-refractivity contribution is 0.0778. The molecule has 0 saturated heterocycles. The van der Waals surface area contributed by atoms with Gasteiger partial charge < -0.3 is 4.90 Å². The molecule has 1 aromatic rings. The van der Waals surface area contributed by atoms with E-state index in [1.165, 1.54) is 0 Å². The van der Waals surface area contributed by atoms with Gasteiger partial charge in [0.05, 0.1) is 5.56 Å². The Morgan fingerprint density at radius 2 is 2.12 bits per heavy atom. The van der Waals surface area contributed by atoms with Crippen LogP contribution in [0.25, 0.3) is 0 Å². The molecule has 0 unspecified atom stereocenters. The lowest BCUT2D eigenvalue weighted by Crippen LogP contribution is -2.30. The first kappa shape index (κ1) is 13.6. The maximum Gasteiger partial charge on any atom is 0.254 e. The van der Waals surface area contributed by atoms with Crippen LogP contribution in [0.5, 0.6) is 0 Å². The van der Waals surface area contributed by atoms with Crippen molar-refractivity contribution in [2.24, 2.45) is 5.92 Å². The molecule has 4 heteroatoms. The number of carbonyl (C=O) groups excluding carboxylic acids is 1. The van der Waals surface area contributed by atoms with Gasteiger partial charge in [0, 0.05) is 23.0 Å². The third-order valence-electron chi connectivity index (χ3n) is 2.17. The van der Waals surface area contributed by atoms with Gasteiger partial charge in [-0.2, -0.15) is 0 Å². The van der Waals surface area contributed by atoms with Gasteiger partial charge in [-0.1, -0.05) is 13.8 Å². The van der Waals surface area contributed by atoms with Crippen molar-refractivity contribution < 1.29 is 4.79 Å². The Labute approximate surface area is 111 Å². The van der Waals surface area contributed by atoms with Crippen molar-refractivity contribution in [2.75, 3.05) is 13.6 Å². The molecular formula is C12H16BrNOS. The molecule has 1 rings (SSSR count). The van der Waals surface area contributed by atoms with E-state index in [1.54, 1.807) is 11.0 Å². The zero-order valence-corrected chi connectivity index (χ0v) is 12.2. The summed E-state index contributed by atoms with van der Waals surface area (Å²) in [6.45, 7) is 4.93. The van der Waals surface area contributed by atoms with Crippen LogP contribution in [0, 0.1) is 5.92 Å². The number of benzene rings is 1. The first-order chi connectivity index (χ1) is 7.41. The summed E-state index contributed by atoms with van der Waals surface area (Å²) in [5.41, 5.74) is 0.663. The van der Waals surface area contributed by atoms with Gasteiger partial charge in [-0.15, -0.1) is 12.6 Å². The van der Waals surface area contributed by atoms with Crippen LogP contribution in [0.2, 0.25) is 0 Å². The summed E-state index contributed by atoms with van der Waals surface area (Å²) in [5, 5.41) is 0. The van der Waals surface area contributed by atoms with E-state index in [0.717, 1.165) is 15.9 Å². The Hall–Kier alpha value is -0.480. The Balaban J connectivity index is 2.91. The maximum atomic E-state index is 12.1. The third kappa shape index (κ3) is 3.52. The van der Waals surface area contributed by atoms with Crippen molar-refractivity contribution in [1.29, 1.82) is 0 Å². The van der Waals surface area contributed by atoms with E-state index in [1.807, 2.05) is 19.2 Å². The monoisotopic (exact) mass is 301 g/mol. The summed E-state index contributed by atoms with van der Waals surface area (Å²) in [6.07, 6.45) is 0. The summed E-state index contributed by atoms with van der Waals surface area (Å²) < 4.78 is 0.811. The molecule has 0 spiro atoms. The zero-order chi connectivity index (χ0) is 12.3. The van der Waals surface area contributed by atoms with Crippen LogP contribution < -0.4 is 0 Å². The number of halogens is 1. The molecule has 0 aliphatic carbocycles. The molecule has 0 fully saturated rings. The molecule has 0 saturated carbocycles. The molecular weight excluding hydrogens is 286 g/mol. The lowest BCUT2D eigenvalue weighted by atomic mass is 10.1. The molecule has 0 aliphatic heterocycles. The number of hydrogen-bond donors (Lipinski definition) is 1. The molecule has 0 radical (unpaired) electrons. The van der Waals surface area contributed by atoms with Crippen molar-refractivity contribution in [3.63, 3.8) is 0 Å². The first-order valence-corrected chi connectivity index (χ1v) is 6.39.